The van der Waals surface area contributed by atoms with Gasteiger partial charge in [-0.15, -0.1) is 5.06 Å². The van der Waals surface area contributed by atoms with Crippen LogP contribution in [0.5, 0.6) is 0 Å². The molecule has 5 rings (SSSR count). The van der Waals surface area contributed by atoms with Crippen LogP contribution in [0.25, 0.3) is 5.57 Å². The van der Waals surface area contributed by atoms with Gasteiger partial charge in [-0.1, -0.05) is 49.2 Å². The van der Waals surface area contributed by atoms with E-state index in [1.165, 1.54) is 12.1 Å². The number of benzene rings is 2. The average molecular weight is 787 g/mol. The van der Waals surface area contributed by atoms with E-state index in [2.05, 4.69) is 11.9 Å². The summed E-state index contributed by atoms with van der Waals surface area (Å²) in [5.74, 6) is -2.07. The number of halogens is 1. The summed E-state index contributed by atoms with van der Waals surface area (Å²) in [4.78, 5) is 40.4. The number of carbonyl (C=O) groups excluding carboxylic acids is 3. The first-order valence-electron chi connectivity index (χ1n) is 17.1. The predicted molar refractivity (Wildman–Crippen MR) is 200 cm³/mol. The van der Waals surface area contributed by atoms with Gasteiger partial charge in [0.2, 0.25) is 11.4 Å². The molecule has 3 aliphatic rings. The summed E-state index contributed by atoms with van der Waals surface area (Å²) in [6.07, 6.45) is 12.4. The molecule has 3 heterocycles. The number of allylic oxidation sites excluding steroid dienone is 7. The summed E-state index contributed by atoms with van der Waals surface area (Å²) in [5.41, 5.74) is 4.79. The third-order valence-electron chi connectivity index (χ3n) is 9.45. The fraction of sp³-hybridized carbons (Fsp3) is 0.351. The largest absolute Gasteiger partial charge is 0.358 e. The number of hydrogen-bond donors (Lipinski definition) is 3. The molecule has 0 spiro atoms. The zero-order valence-corrected chi connectivity index (χ0v) is 31.5. The van der Waals surface area contributed by atoms with E-state index in [0.717, 1.165) is 28.2 Å². The Kier molecular flexibility index (Phi) is 12.2. The van der Waals surface area contributed by atoms with E-state index in [0.29, 0.717) is 60.0 Å². The lowest BCUT2D eigenvalue weighted by Crippen LogP contribution is -2.31. The first-order valence-corrected chi connectivity index (χ1v) is 20.5. The fourth-order valence-electron chi connectivity index (χ4n) is 6.67. The zero-order chi connectivity index (χ0) is 38.6. The summed E-state index contributed by atoms with van der Waals surface area (Å²) in [6, 6.07) is 9.88. The summed E-state index contributed by atoms with van der Waals surface area (Å²) in [7, 11) is -8.52. The van der Waals surface area contributed by atoms with Gasteiger partial charge in [0, 0.05) is 59.6 Å². The molecule has 1 unspecified atom stereocenters. The molecule has 3 aliphatic heterocycles. The molecule has 53 heavy (non-hydrogen) atoms. The van der Waals surface area contributed by atoms with Crippen molar-refractivity contribution in [1.82, 2.24) is 5.06 Å². The van der Waals surface area contributed by atoms with Crippen LogP contribution in [-0.4, -0.2) is 71.4 Å². The minimum Gasteiger partial charge on any atom is -0.358 e. The van der Waals surface area contributed by atoms with Crippen molar-refractivity contribution in [3.63, 3.8) is 0 Å². The highest BCUT2D eigenvalue weighted by atomic mass is 35.5. The number of imide groups is 1. The molecular weight excluding hydrogens is 746 g/mol. The standard InChI is InChI=1S/C37H40ClN3O10S2/c1-25-28-23-26(38)14-17-32(28)40(21-9-10-22-52(45,46)47)31(25)11-5-3-6-12-33-37(2,29-24-27(53(48,49)50)15-16-30(29)39-33)20-8-4-7-13-36(44)51-41-34(42)18-19-35(41)43/h3,5-6,11-12,14-17,23-24H,1,4,7-10,13,18-22H2,2H3,(H2,45,46,47,48,49,50)/p+1. The van der Waals surface area contributed by atoms with Gasteiger partial charge in [-0.3, -0.25) is 18.7 Å². The number of fused-ring (bicyclic) bond motifs is 2. The van der Waals surface area contributed by atoms with Crippen LogP contribution >= 0.6 is 11.6 Å². The molecule has 3 N–H and O–H groups in total. The minimum atomic E-state index is -4.46. The quantitative estimate of drug-likeness (QED) is 0.0570. The van der Waals surface area contributed by atoms with E-state index >= 15 is 0 Å². The van der Waals surface area contributed by atoms with E-state index in [9.17, 15) is 35.8 Å². The second kappa shape index (κ2) is 16.3. The van der Waals surface area contributed by atoms with Crippen LogP contribution in [0.4, 0.5) is 11.4 Å². The van der Waals surface area contributed by atoms with Crippen LogP contribution in [0.3, 0.4) is 0 Å². The highest BCUT2D eigenvalue weighted by Crippen LogP contribution is 2.47. The first-order chi connectivity index (χ1) is 25.0. The lowest BCUT2D eigenvalue weighted by atomic mass is 9.77. The Hall–Kier alpha value is -4.41. The second-order valence-electron chi connectivity index (χ2n) is 13.2. The molecule has 1 saturated heterocycles. The molecule has 2 aromatic rings. The lowest BCUT2D eigenvalue weighted by Gasteiger charge is -2.26. The normalized spacial score (nSPS) is 19.6. The molecule has 2 amide bonds. The highest BCUT2D eigenvalue weighted by molar-refractivity contribution is 7.86. The molecule has 0 radical (unpaired) electrons. The van der Waals surface area contributed by atoms with Gasteiger partial charge in [0.15, 0.2) is 0 Å². The molecule has 13 nitrogen and oxygen atoms in total. The zero-order valence-electron chi connectivity index (χ0n) is 29.1. The van der Waals surface area contributed by atoms with Crippen molar-refractivity contribution in [3.8, 4) is 0 Å². The lowest BCUT2D eigenvalue weighted by molar-refractivity contribution is -0.436. The van der Waals surface area contributed by atoms with Gasteiger partial charge in [0.05, 0.1) is 21.8 Å². The maximum absolute atomic E-state index is 12.3. The van der Waals surface area contributed by atoms with E-state index in [1.807, 2.05) is 54.0 Å². The molecule has 282 valence electrons. The van der Waals surface area contributed by atoms with Crippen molar-refractivity contribution in [2.45, 2.75) is 75.0 Å². The van der Waals surface area contributed by atoms with Crippen LogP contribution in [0.2, 0.25) is 5.02 Å². The Balaban J connectivity index is 1.30. The number of rotatable bonds is 16. The van der Waals surface area contributed by atoms with Gasteiger partial charge < -0.3 is 10.2 Å². The van der Waals surface area contributed by atoms with Crippen molar-refractivity contribution < 1.29 is 49.7 Å². The Morgan fingerprint density at radius 1 is 1.00 bits per heavy atom. The number of anilines is 1. The SMILES string of the molecule is C=C1C(/C=C/C=C/C=C2/Nc3ccc(S(=O)(=O)O)cc3C2(C)CCCCCC(=O)ON2C(=O)CCC2=O)=[N+](CCCCS(=O)(=O)O)c2ccc(Cl)cc21. The number of carbonyl (C=O) groups is 3. The molecule has 1 atom stereocenters. The van der Waals surface area contributed by atoms with Gasteiger partial charge >= 0.3 is 5.97 Å². The van der Waals surface area contributed by atoms with Crippen molar-refractivity contribution in [2.75, 3.05) is 17.6 Å². The molecule has 0 aromatic heterocycles. The van der Waals surface area contributed by atoms with Crippen molar-refractivity contribution in [2.24, 2.45) is 0 Å². The molecule has 0 saturated carbocycles. The molecule has 1 fully saturated rings. The van der Waals surface area contributed by atoms with Gasteiger partial charge in [0.25, 0.3) is 32.1 Å². The van der Waals surface area contributed by atoms with E-state index in [1.54, 1.807) is 12.1 Å². The van der Waals surface area contributed by atoms with Crippen LogP contribution in [0, 0.1) is 0 Å². The van der Waals surface area contributed by atoms with Gasteiger partial charge in [-0.25, -0.2) is 4.79 Å². The Morgan fingerprint density at radius 3 is 2.43 bits per heavy atom. The number of nitrogens with zero attached hydrogens (tertiary/aromatic N) is 2. The molecule has 0 aliphatic carbocycles. The number of nitrogens with one attached hydrogen (secondary N) is 1. The van der Waals surface area contributed by atoms with Crippen LogP contribution < -0.4 is 5.32 Å². The molecule has 16 heteroatoms. The van der Waals surface area contributed by atoms with Crippen LogP contribution in [0.15, 0.2) is 83.9 Å². The predicted octanol–water partition coefficient (Wildman–Crippen LogP) is 6.30. The number of hydroxylamine groups is 2. The number of amides is 2. The Morgan fingerprint density at radius 2 is 1.74 bits per heavy atom. The average Bonchev–Trinajstić information content (AvgIpc) is 3.65. The molecule has 2 aromatic carbocycles. The van der Waals surface area contributed by atoms with Crippen molar-refractivity contribution >= 4 is 72.3 Å². The van der Waals surface area contributed by atoms with Gasteiger partial charge in [-0.05, 0) is 68.2 Å². The van der Waals surface area contributed by atoms with Crippen LogP contribution in [0.1, 0.15) is 75.8 Å². The van der Waals surface area contributed by atoms with Crippen LogP contribution in [-0.2, 0) is 44.9 Å². The van der Waals surface area contributed by atoms with E-state index < -0.39 is 43.4 Å². The topological polar surface area (TPSA) is 187 Å². The fourth-order valence-corrected chi connectivity index (χ4v) is 7.91. The van der Waals surface area contributed by atoms with Gasteiger partial charge in [-0.2, -0.15) is 21.4 Å². The smallest absolute Gasteiger partial charge is 0.333 e. The summed E-state index contributed by atoms with van der Waals surface area (Å²) < 4.78 is 67.4. The Labute approximate surface area is 313 Å². The second-order valence-corrected chi connectivity index (χ2v) is 16.7. The third-order valence-corrected chi connectivity index (χ3v) is 11.3. The summed E-state index contributed by atoms with van der Waals surface area (Å²) in [6.45, 7) is 6.71. The van der Waals surface area contributed by atoms with Crippen molar-refractivity contribution in [1.29, 1.82) is 0 Å². The summed E-state index contributed by atoms with van der Waals surface area (Å²) in [5, 5.41) is 4.46. The number of unbranched alkanes of at least 4 members (excludes halogenated alkanes) is 3. The monoisotopic (exact) mass is 786 g/mol. The highest BCUT2D eigenvalue weighted by Gasteiger charge is 2.39. The third kappa shape index (κ3) is 9.58. The molecular formula is C37H41ClN3O10S2+. The number of hydrogen-bond acceptors (Lipinski definition) is 9. The van der Waals surface area contributed by atoms with Gasteiger partial charge in [0.1, 0.15) is 6.54 Å². The van der Waals surface area contributed by atoms with E-state index in [4.69, 9.17) is 21.0 Å². The van der Waals surface area contributed by atoms with E-state index in [-0.39, 0.29) is 36.3 Å². The summed E-state index contributed by atoms with van der Waals surface area (Å²) >= 11 is 6.27. The maximum Gasteiger partial charge on any atom is 0.333 e. The Bertz CT molecular complexity index is 2180. The maximum atomic E-state index is 12.3. The van der Waals surface area contributed by atoms with Crippen molar-refractivity contribution in [3.05, 3.63) is 95.2 Å². The molecule has 0 bridgehead atoms. The first kappa shape index (κ1) is 39.8. The minimum absolute atomic E-state index is 0.0127.